The summed E-state index contributed by atoms with van der Waals surface area (Å²) in [6.07, 6.45) is 4.30. The van der Waals surface area contributed by atoms with E-state index in [1.165, 1.54) is 19.0 Å². The van der Waals surface area contributed by atoms with Crippen LogP contribution < -0.4 is 11.1 Å². The van der Waals surface area contributed by atoms with Crippen LogP contribution in [0, 0.1) is 0 Å². The maximum atomic E-state index is 11.2. The molecule has 6 heteroatoms. The van der Waals surface area contributed by atoms with Gasteiger partial charge in [-0.05, 0) is 42.7 Å². The lowest BCUT2D eigenvalue weighted by atomic mass is 10.1. The van der Waals surface area contributed by atoms with Crippen LogP contribution in [0.5, 0.6) is 0 Å². The highest BCUT2D eigenvalue weighted by molar-refractivity contribution is 6.30. The number of benzene rings is 1. The van der Waals surface area contributed by atoms with Gasteiger partial charge in [0.05, 0.1) is 17.5 Å². The van der Waals surface area contributed by atoms with Gasteiger partial charge in [0.1, 0.15) is 0 Å². The highest BCUT2D eigenvalue weighted by Crippen LogP contribution is 2.29. The van der Waals surface area contributed by atoms with Crippen LogP contribution in [0.4, 0.5) is 5.69 Å². The summed E-state index contributed by atoms with van der Waals surface area (Å²) in [5.74, 6) is -0.506. The van der Waals surface area contributed by atoms with Crippen molar-refractivity contribution in [3.8, 4) is 0 Å². The van der Waals surface area contributed by atoms with Crippen molar-refractivity contribution >= 4 is 23.2 Å². The van der Waals surface area contributed by atoms with Crippen LogP contribution in [0.15, 0.2) is 30.5 Å². The molecule has 1 aliphatic carbocycles. The van der Waals surface area contributed by atoms with Crippen LogP contribution in [-0.4, -0.2) is 22.1 Å². The number of carbonyl (C=O) groups is 1. The van der Waals surface area contributed by atoms with Crippen LogP contribution in [0.2, 0.25) is 5.02 Å². The Morgan fingerprint density at radius 3 is 2.90 bits per heavy atom. The highest BCUT2D eigenvalue weighted by atomic mass is 35.5. The number of anilines is 1. The van der Waals surface area contributed by atoms with E-state index in [2.05, 4.69) is 15.5 Å². The molecule has 0 unspecified atom stereocenters. The summed E-state index contributed by atoms with van der Waals surface area (Å²) >= 11 is 6.08. The number of nitrogens with zero attached hydrogens (tertiary/aromatic N) is 2. The maximum absolute atomic E-state index is 11.2. The predicted octanol–water partition coefficient (Wildman–Crippen LogP) is 2.39. The second kappa shape index (κ2) is 5.69. The summed E-state index contributed by atoms with van der Waals surface area (Å²) in [6, 6.07) is 7.96. The van der Waals surface area contributed by atoms with Crippen molar-refractivity contribution in [3.63, 3.8) is 0 Å². The zero-order valence-electron chi connectivity index (χ0n) is 11.3. The monoisotopic (exact) mass is 302 g/mol. The molecule has 1 amide bonds. The third-order valence-electron chi connectivity index (χ3n) is 3.37. The molecule has 0 bridgehead atoms. The molecule has 0 radical (unpaired) electrons. The first kappa shape index (κ1) is 13.8. The summed E-state index contributed by atoms with van der Waals surface area (Å²) in [5, 5.41) is 12.0. The minimum atomic E-state index is -0.506. The Morgan fingerprint density at radius 2 is 2.19 bits per heavy atom. The Kier molecular flexibility index (Phi) is 3.75. The third kappa shape index (κ3) is 3.49. The molecule has 3 N–H and O–H groups in total. The van der Waals surface area contributed by atoms with E-state index in [0.717, 1.165) is 11.3 Å². The first-order valence-corrected chi connectivity index (χ1v) is 7.16. The van der Waals surface area contributed by atoms with E-state index in [0.29, 0.717) is 28.7 Å². The molecule has 2 aromatic rings. The topological polar surface area (TPSA) is 80.9 Å². The van der Waals surface area contributed by atoms with Crippen LogP contribution in [0.3, 0.4) is 0 Å². The first-order valence-electron chi connectivity index (χ1n) is 6.78. The van der Waals surface area contributed by atoms with Gasteiger partial charge in [-0.3, -0.25) is 4.79 Å². The second-order valence-electron chi connectivity index (χ2n) is 5.20. The Balaban J connectivity index is 1.87. The Morgan fingerprint density at radius 1 is 1.38 bits per heavy atom. The van der Waals surface area contributed by atoms with Crippen molar-refractivity contribution in [2.75, 3.05) is 5.32 Å². The molecule has 1 aromatic heterocycles. The summed E-state index contributed by atoms with van der Waals surface area (Å²) in [5.41, 5.74) is 8.39. The van der Waals surface area contributed by atoms with Crippen molar-refractivity contribution < 1.29 is 4.79 Å². The van der Waals surface area contributed by atoms with Crippen LogP contribution >= 0.6 is 11.6 Å². The molecule has 1 saturated carbocycles. The van der Waals surface area contributed by atoms with E-state index in [9.17, 15) is 4.79 Å². The number of aromatic nitrogens is 2. The van der Waals surface area contributed by atoms with Crippen LogP contribution in [-0.2, 0) is 6.42 Å². The van der Waals surface area contributed by atoms with Gasteiger partial charge in [-0.1, -0.05) is 11.6 Å². The third-order valence-corrected chi connectivity index (χ3v) is 3.60. The summed E-state index contributed by atoms with van der Waals surface area (Å²) in [7, 11) is 0. The molecule has 21 heavy (non-hydrogen) atoms. The Labute approximate surface area is 127 Å². The number of rotatable bonds is 5. The number of carbonyl (C=O) groups excluding carboxylic acids is 1. The normalized spacial score (nSPS) is 14.0. The van der Waals surface area contributed by atoms with E-state index >= 15 is 0 Å². The average molecular weight is 303 g/mol. The van der Waals surface area contributed by atoms with Crippen molar-refractivity contribution in [2.24, 2.45) is 5.73 Å². The molecule has 0 spiro atoms. The lowest BCUT2D eigenvalue weighted by molar-refractivity contribution is 0.0999. The number of nitrogens with two attached hydrogens (primary N) is 1. The molecule has 0 aliphatic heterocycles. The summed E-state index contributed by atoms with van der Waals surface area (Å²) in [4.78, 5) is 11.2. The van der Waals surface area contributed by atoms with E-state index in [-0.39, 0.29) is 0 Å². The lowest BCUT2D eigenvalue weighted by Gasteiger charge is -2.12. The molecule has 1 aromatic carbocycles. The maximum Gasteiger partial charge on any atom is 0.250 e. The number of primary amides is 1. The minimum absolute atomic E-state index is 0.360. The van der Waals surface area contributed by atoms with E-state index in [4.69, 9.17) is 17.3 Å². The zero-order chi connectivity index (χ0) is 14.8. The van der Waals surface area contributed by atoms with Crippen molar-refractivity contribution in [1.82, 2.24) is 10.2 Å². The molecule has 3 rings (SSSR count). The Bertz CT molecular complexity index is 685. The quantitative estimate of drug-likeness (QED) is 0.888. The molecule has 0 saturated heterocycles. The molecule has 0 atom stereocenters. The fourth-order valence-electron chi connectivity index (χ4n) is 2.12. The minimum Gasteiger partial charge on any atom is -0.382 e. The van der Waals surface area contributed by atoms with Gasteiger partial charge in [-0.25, -0.2) is 0 Å². The highest BCUT2D eigenvalue weighted by Gasteiger charge is 2.22. The predicted molar refractivity (Wildman–Crippen MR) is 81.5 cm³/mol. The van der Waals surface area contributed by atoms with E-state index < -0.39 is 5.91 Å². The lowest BCUT2D eigenvalue weighted by Crippen LogP contribution is -2.12. The van der Waals surface area contributed by atoms with Crippen molar-refractivity contribution in [3.05, 3.63) is 52.3 Å². The first-order chi connectivity index (χ1) is 10.1. The van der Waals surface area contributed by atoms with E-state index in [1.807, 2.05) is 18.2 Å². The second-order valence-corrected chi connectivity index (χ2v) is 5.63. The van der Waals surface area contributed by atoms with Gasteiger partial charge in [0.25, 0.3) is 0 Å². The van der Waals surface area contributed by atoms with Crippen LogP contribution in [0.1, 0.15) is 34.5 Å². The average Bonchev–Trinajstić information content (AvgIpc) is 3.26. The largest absolute Gasteiger partial charge is 0.382 e. The van der Waals surface area contributed by atoms with Gasteiger partial charge < -0.3 is 11.1 Å². The van der Waals surface area contributed by atoms with Gasteiger partial charge in [-0.15, -0.1) is 0 Å². The number of hydrogen-bond donors (Lipinski definition) is 2. The number of hydrogen-bond acceptors (Lipinski definition) is 4. The smallest absolute Gasteiger partial charge is 0.250 e. The molecule has 108 valence electrons. The number of nitrogens with one attached hydrogen (secondary N) is 1. The van der Waals surface area contributed by atoms with E-state index in [1.54, 1.807) is 6.07 Å². The SMILES string of the molecule is NC(=O)c1cnnc(Cc2cc(Cl)ccc2NC2CC2)c1. The molecular formula is C15H15ClN4O. The van der Waals surface area contributed by atoms with Gasteiger partial charge >= 0.3 is 0 Å². The van der Waals surface area contributed by atoms with Gasteiger partial charge in [-0.2, -0.15) is 10.2 Å². The van der Waals surface area contributed by atoms with Crippen LogP contribution in [0.25, 0.3) is 0 Å². The fraction of sp³-hybridized carbons (Fsp3) is 0.267. The van der Waals surface area contributed by atoms with Gasteiger partial charge in [0.15, 0.2) is 0 Å². The number of amides is 1. The molecular weight excluding hydrogens is 288 g/mol. The molecule has 1 fully saturated rings. The molecule has 1 aliphatic rings. The summed E-state index contributed by atoms with van der Waals surface area (Å²) in [6.45, 7) is 0. The Hall–Kier alpha value is -2.14. The number of halogens is 1. The van der Waals surface area contributed by atoms with Crippen molar-refractivity contribution in [1.29, 1.82) is 0 Å². The van der Waals surface area contributed by atoms with Gasteiger partial charge in [0, 0.05) is 23.2 Å². The molecule has 1 heterocycles. The van der Waals surface area contributed by atoms with Crippen molar-refractivity contribution in [2.45, 2.75) is 25.3 Å². The standard InChI is InChI=1S/C15H15ClN4O/c16-11-1-4-14(19-12-2-3-12)9(5-11)6-13-7-10(15(17)21)8-18-20-13/h1,4-5,7-8,12,19H,2-3,6H2,(H2,17,21). The fourth-order valence-corrected chi connectivity index (χ4v) is 2.32. The zero-order valence-corrected chi connectivity index (χ0v) is 12.1. The molecule has 5 nitrogen and oxygen atoms in total. The van der Waals surface area contributed by atoms with Gasteiger partial charge in [0.2, 0.25) is 5.91 Å². The summed E-state index contributed by atoms with van der Waals surface area (Å²) < 4.78 is 0.